The van der Waals surface area contributed by atoms with Crippen molar-refractivity contribution in [1.29, 1.82) is 0 Å². The summed E-state index contributed by atoms with van der Waals surface area (Å²) in [5, 5.41) is 0. The molecule has 0 spiro atoms. The predicted octanol–water partition coefficient (Wildman–Crippen LogP) is 4.78. The molecule has 0 amide bonds. The van der Waals surface area contributed by atoms with Crippen LogP contribution in [0.3, 0.4) is 0 Å². The summed E-state index contributed by atoms with van der Waals surface area (Å²) in [6.45, 7) is 42.9. The van der Waals surface area contributed by atoms with Crippen molar-refractivity contribution in [2.75, 3.05) is 0 Å². The number of rotatable bonds is 16. The lowest BCUT2D eigenvalue weighted by molar-refractivity contribution is 0.105. The Bertz CT molecular complexity index is 1270. The molecule has 3 saturated heterocycles. The van der Waals surface area contributed by atoms with E-state index in [-0.39, 0.29) is 23.9 Å². The molecule has 0 aliphatic carbocycles. The van der Waals surface area contributed by atoms with Gasteiger partial charge in [-0.05, 0) is 144 Å². The zero-order valence-corrected chi connectivity index (χ0v) is 55.3. The van der Waals surface area contributed by atoms with E-state index in [0.29, 0.717) is 0 Å². The van der Waals surface area contributed by atoms with E-state index in [0.717, 1.165) is 12.1 Å². The fraction of sp³-hybridized carbons (Fsp3) is 1.00. The van der Waals surface area contributed by atoms with Crippen LogP contribution in [-0.2, 0) is 70.9 Å². The molecule has 3 heterocycles. The van der Waals surface area contributed by atoms with Crippen LogP contribution in [0.4, 0.5) is 0 Å². The Morgan fingerprint density at radius 3 is 1.12 bits per heavy atom. The van der Waals surface area contributed by atoms with E-state index in [1.54, 1.807) is 0 Å². The zero-order valence-electron chi connectivity index (χ0n) is 39.6. The Kier molecular flexibility index (Phi) is 21.8. The van der Waals surface area contributed by atoms with Crippen molar-refractivity contribution in [1.82, 2.24) is 0 Å². The Morgan fingerprint density at radius 2 is 0.746 bits per heavy atom. The largest absolute Gasteiger partial charge is 0.558 e. The van der Waals surface area contributed by atoms with Crippen LogP contribution in [0.15, 0.2) is 0 Å². The smallest absolute Gasteiger partial charge is 0.441 e. The molecule has 0 N–H and O–H groups in total. The first-order valence-corrected chi connectivity index (χ1v) is 53.9. The number of hydrogen-bond acceptors (Lipinski definition) is 17. The monoisotopic (exact) mass is 1090 g/mol. The first-order chi connectivity index (χ1) is 26.7. The average molecular weight is 1090 g/mol. The molecule has 0 aromatic rings. The maximum Gasteiger partial charge on any atom is 0.558 e. The summed E-state index contributed by atoms with van der Waals surface area (Å²) in [5.74, 6) is 0. The second kappa shape index (κ2) is 23.0. The van der Waals surface area contributed by atoms with E-state index in [9.17, 15) is 0 Å². The van der Waals surface area contributed by atoms with Gasteiger partial charge in [-0.3, -0.25) is 0 Å². The Labute approximate surface area is 378 Å². The molecule has 17 nitrogen and oxygen atoms in total. The van der Waals surface area contributed by atoms with E-state index in [4.69, 9.17) is 70.9 Å². The summed E-state index contributed by atoms with van der Waals surface area (Å²) in [6.07, 6.45) is -0.215. The lowest BCUT2D eigenvalue weighted by atomic mass is 10.3. The molecule has 9 unspecified atom stereocenters. The van der Waals surface area contributed by atoms with Crippen molar-refractivity contribution in [3.63, 3.8) is 0 Å². The summed E-state index contributed by atoms with van der Waals surface area (Å²) in [7, 11) is -33.3. The van der Waals surface area contributed by atoms with Crippen LogP contribution in [0.25, 0.3) is 0 Å². The summed E-state index contributed by atoms with van der Waals surface area (Å²) < 4.78 is 110. The van der Waals surface area contributed by atoms with E-state index < -0.39 is 135 Å². The van der Waals surface area contributed by atoms with E-state index >= 15 is 0 Å². The molecule has 3 aliphatic rings. The summed E-state index contributed by atoms with van der Waals surface area (Å²) in [4.78, 5) is 0. The molecule has 0 aromatic carbocycles. The lowest BCUT2D eigenvalue weighted by Gasteiger charge is -2.42. The molecule has 346 valence electrons. The van der Waals surface area contributed by atoms with Crippen molar-refractivity contribution in [2.24, 2.45) is 0 Å². The van der Waals surface area contributed by atoms with Crippen molar-refractivity contribution in [3.05, 3.63) is 0 Å². The van der Waals surface area contributed by atoms with Gasteiger partial charge in [0.15, 0.2) is 18.1 Å². The van der Waals surface area contributed by atoms with Crippen molar-refractivity contribution in [2.45, 2.75) is 175 Å². The van der Waals surface area contributed by atoms with Crippen LogP contribution in [0.5, 0.6) is 0 Å². The van der Waals surface area contributed by atoms with Gasteiger partial charge in [-0.15, -0.1) is 0 Å². The minimum absolute atomic E-state index is 0.0220. The van der Waals surface area contributed by atoms with Crippen LogP contribution >= 0.6 is 0 Å². The van der Waals surface area contributed by atoms with E-state index in [1.807, 2.05) is 105 Å². The van der Waals surface area contributed by atoms with E-state index in [2.05, 4.69) is 33.9 Å². The molecule has 3 rings (SSSR count). The van der Waals surface area contributed by atoms with Gasteiger partial charge >= 0.3 is 98.5 Å². The maximum atomic E-state index is 6.84. The van der Waals surface area contributed by atoms with Crippen LogP contribution in [-0.4, -0.2) is 153 Å². The third-order valence-electron chi connectivity index (χ3n) is 8.50. The maximum absolute atomic E-state index is 6.84. The highest BCUT2D eigenvalue weighted by molar-refractivity contribution is 6.88. The standard InChI is InChI=1S/C27H76O17Si15/c1-24-22-45(5)31-47(7)34-51(28-24)38-55(12,13)42-58(18,19)41-54(10,11)37-50-27(4)26(3)30-53(36-49(9)33-50)40-57(16,17)44-59(20,21)43-56(14,15)39-52-29-25(2)23-46(6)32-48(8)35-52/h24-27,45-49H,22-23H2,1-21H3. The molecular weight excluding hydrogens is 1020 g/mol. The first-order valence-electron chi connectivity index (χ1n) is 20.7. The molecule has 9 atom stereocenters. The van der Waals surface area contributed by atoms with Crippen LogP contribution < -0.4 is 0 Å². The average Bonchev–Trinajstić information content (AvgIpc) is 2.94. The van der Waals surface area contributed by atoms with Gasteiger partial charge in [-0.1, -0.05) is 6.92 Å². The molecule has 0 aromatic heterocycles. The van der Waals surface area contributed by atoms with Gasteiger partial charge < -0.3 is 70.9 Å². The summed E-state index contributed by atoms with van der Waals surface area (Å²) in [6, 6.07) is 1.86. The minimum Gasteiger partial charge on any atom is -0.441 e. The topological polar surface area (TPSA) is 157 Å². The number of hydrogen-bond donors (Lipinski definition) is 0. The molecule has 3 fully saturated rings. The van der Waals surface area contributed by atoms with Crippen molar-refractivity contribution in [3.8, 4) is 0 Å². The SMILES string of the molecule is CC1C[SiH](C)O[SiH](C)O[Si](O[Si](C)(C)O[Si](C)(C)O[Si](C)(C)O[Si]2OC(C)C(C)[Si](O[Si](C)(C)O[Si](C)(C)O[Si](C)(C)O[Si]3OC(C)C[SiH](C)O[SiH](C)O3)O[SiH](C)O2)O1. The van der Waals surface area contributed by atoms with Gasteiger partial charge in [0.1, 0.15) is 0 Å². The highest BCUT2D eigenvalue weighted by Crippen LogP contribution is 2.31. The molecule has 0 bridgehead atoms. The van der Waals surface area contributed by atoms with Crippen molar-refractivity contribution >= 4 is 135 Å². The molecule has 3 aliphatic heterocycles. The quantitative estimate of drug-likeness (QED) is 0.195. The molecule has 0 saturated carbocycles. The normalized spacial score (nSPS) is 32.2. The lowest BCUT2D eigenvalue weighted by Crippen LogP contribution is -2.60. The Hall–Kier alpha value is 2.57. The summed E-state index contributed by atoms with van der Waals surface area (Å²) >= 11 is 0. The first kappa shape index (κ1) is 55.9. The van der Waals surface area contributed by atoms with Crippen LogP contribution in [0, 0.1) is 0 Å². The van der Waals surface area contributed by atoms with Crippen LogP contribution in [0.2, 0.25) is 129 Å². The van der Waals surface area contributed by atoms with E-state index in [1.165, 1.54) is 0 Å². The molecule has 32 heteroatoms. The minimum atomic E-state index is -2.84. The molecule has 59 heavy (non-hydrogen) atoms. The molecular formula is C27H76O17Si15. The Morgan fingerprint density at radius 1 is 0.424 bits per heavy atom. The Balaban J connectivity index is 1.57. The summed E-state index contributed by atoms with van der Waals surface area (Å²) in [5.41, 5.74) is -0.0501. The highest BCUT2D eigenvalue weighted by atomic mass is 28.5. The second-order valence-electron chi connectivity index (χ2n) is 18.3. The third kappa shape index (κ3) is 21.4. The third-order valence-corrected chi connectivity index (χ3v) is 55.9. The van der Waals surface area contributed by atoms with Gasteiger partial charge in [-0.25, -0.2) is 0 Å². The predicted molar refractivity (Wildman–Crippen MR) is 259 cm³/mol. The fourth-order valence-corrected chi connectivity index (χ4v) is 58.4. The second-order valence-corrected chi connectivity index (χ2v) is 58.9. The van der Waals surface area contributed by atoms with Crippen LogP contribution in [0.1, 0.15) is 27.7 Å². The highest BCUT2D eigenvalue weighted by Gasteiger charge is 2.51. The van der Waals surface area contributed by atoms with Gasteiger partial charge in [0.25, 0.3) is 18.6 Å². The van der Waals surface area contributed by atoms with Crippen molar-refractivity contribution < 1.29 is 70.9 Å². The molecule has 4 radical (unpaired) electrons. The van der Waals surface area contributed by atoms with Gasteiger partial charge in [0.2, 0.25) is 0 Å². The van der Waals surface area contributed by atoms with Gasteiger partial charge in [-0.2, -0.15) is 0 Å². The van der Waals surface area contributed by atoms with Gasteiger partial charge in [0, 0.05) is 17.7 Å². The fourth-order valence-electron chi connectivity index (χ4n) is 7.01. The zero-order chi connectivity index (χ0) is 44.9. The van der Waals surface area contributed by atoms with Gasteiger partial charge in [0.05, 0.1) is 6.10 Å².